The molecule has 16 heteroatoms. The van der Waals surface area contributed by atoms with Crippen LogP contribution in [0.15, 0.2) is 71.5 Å². The van der Waals surface area contributed by atoms with Crippen molar-refractivity contribution in [1.29, 1.82) is 0 Å². The Hall–Kier alpha value is -5.96. The Morgan fingerprint density at radius 1 is 1.17 bits per heavy atom. The summed E-state index contributed by atoms with van der Waals surface area (Å²) in [6, 6.07) is 11.7. The van der Waals surface area contributed by atoms with Crippen LogP contribution in [0.2, 0.25) is 5.02 Å². The van der Waals surface area contributed by atoms with Crippen molar-refractivity contribution < 1.29 is 27.9 Å². The number of nitrogens with one attached hydrogen (secondary N) is 3. The van der Waals surface area contributed by atoms with Crippen LogP contribution in [0.5, 0.6) is 0 Å². The average molecular weight is 658 g/mol. The van der Waals surface area contributed by atoms with Gasteiger partial charge in [-0.05, 0) is 65.0 Å². The fourth-order valence-electron chi connectivity index (χ4n) is 4.88. The number of carbonyl (C=O) groups is 3. The monoisotopic (exact) mass is 657 g/mol. The van der Waals surface area contributed by atoms with Gasteiger partial charge in [-0.25, -0.2) is 14.2 Å². The highest BCUT2D eigenvalue weighted by atomic mass is 35.5. The van der Waals surface area contributed by atoms with Crippen LogP contribution in [0.25, 0.3) is 23.1 Å². The van der Waals surface area contributed by atoms with Gasteiger partial charge in [0.25, 0.3) is 0 Å². The van der Waals surface area contributed by atoms with Crippen molar-refractivity contribution in [3.63, 3.8) is 0 Å². The van der Waals surface area contributed by atoms with Crippen LogP contribution >= 0.6 is 11.6 Å². The molecule has 0 spiro atoms. The molecule has 0 saturated heterocycles. The molecule has 4 heterocycles. The zero-order valence-corrected chi connectivity index (χ0v) is 25.4. The summed E-state index contributed by atoms with van der Waals surface area (Å²) in [5, 5.41) is 19.9. The molecule has 0 saturated carbocycles. The molecule has 5 aromatic rings. The first-order valence-corrected chi connectivity index (χ1v) is 14.5. The number of ether oxygens (including phenoxy) is 1. The minimum absolute atomic E-state index is 0.0180. The zero-order valence-electron chi connectivity index (χ0n) is 24.6. The van der Waals surface area contributed by atoms with E-state index in [1.54, 1.807) is 36.4 Å². The first kappa shape index (κ1) is 31.0. The normalized spacial score (nSPS) is 14.5. The third-order valence-corrected chi connectivity index (χ3v) is 7.34. The minimum Gasteiger partial charge on any atom is -0.453 e. The van der Waals surface area contributed by atoms with E-state index < -0.39 is 29.8 Å². The highest BCUT2D eigenvalue weighted by Gasteiger charge is 2.24. The first-order valence-electron chi connectivity index (χ1n) is 14.2. The van der Waals surface area contributed by atoms with Gasteiger partial charge >= 0.3 is 6.09 Å². The molecule has 1 aliphatic heterocycles. The number of methoxy groups -OCH3 is 1. The second-order valence-corrected chi connectivity index (χ2v) is 10.7. The predicted molar refractivity (Wildman–Crippen MR) is 167 cm³/mol. The fraction of sp³-hybridized carbons (Fsp3) is 0.161. The number of oxazole rings is 1. The molecule has 1 unspecified atom stereocenters. The fourth-order valence-corrected chi connectivity index (χ4v) is 5.06. The Morgan fingerprint density at radius 2 is 2.04 bits per heavy atom. The number of halogens is 2. The van der Waals surface area contributed by atoms with E-state index in [0.717, 1.165) is 0 Å². The Kier molecular flexibility index (Phi) is 8.97. The van der Waals surface area contributed by atoms with Crippen LogP contribution in [0.3, 0.4) is 0 Å². The van der Waals surface area contributed by atoms with Crippen LogP contribution < -0.4 is 16.0 Å². The van der Waals surface area contributed by atoms with E-state index in [1.165, 1.54) is 48.6 Å². The SMILES string of the molecule is COC(=O)Nc1ccc2c(c1)NC(=O)CCc1nc(ccc1F)CC(NC(=O)C=Cc1cc(Cl)ccc1-n1cnnn1)c1ncc-2o1. The number of hydrogen-bond acceptors (Lipinski definition) is 10. The summed E-state index contributed by atoms with van der Waals surface area (Å²) in [6.45, 7) is 0. The number of anilines is 2. The van der Waals surface area contributed by atoms with Gasteiger partial charge < -0.3 is 19.8 Å². The summed E-state index contributed by atoms with van der Waals surface area (Å²) in [5.74, 6) is -1.06. The smallest absolute Gasteiger partial charge is 0.411 e. The molecule has 3 amide bonds. The maximum absolute atomic E-state index is 14.7. The van der Waals surface area contributed by atoms with Gasteiger partial charge in [0.15, 0.2) is 5.76 Å². The van der Waals surface area contributed by atoms with Crippen LogP contribution in [0, 0.1) is 5.82 Å². The lowest BCUT2D eigenvalue weighted by Crippen LogP contribution is -2.29. The van der Waals surface area contributed by atoms with Crippen molar-refractivity contribution in [2.24, 2.45) is 0 Å². The lowest BCUT2D eigenvalue weighted by atomic mass is 10.1. The van der Waals surface area contributed by atoms with Gasteiger partial charge in [-0.3, -0.25) is 19.9 Å². The molecule has 2 aromatic carbocycles. The van der Waals surface area contributed by atoms with E-state index >= 15 is 0 Å². The van der Waals surface area contributed by atoms with E-state index in [2.05, 4.69) is 46.2 Å². The number of pyridine rings is 1. The van der Waals surface area contributed by atoms with Crippen molar-refractivity contribution in [3.05, 3.63) is 101 Å². The molecular weight excluding hydrogens is 633 g/mol. The van der Waals surface area contributed by atoms with E-state index in [4.69, 9.17) is 16.0 Å². The second kappa shape index (κ2) is 13.6. The Bertz CT molecular complexity index is 2000. The highest BCUT2D eigenvalue weighted by Crippen LogP contribution is 2.33. The largest absolute Gasteiger partial charge is 0.453 e. The molecule has 1 atom stereocenters. The summed E-state index contributed by atoms with van der Waals surface area (Å²) in [6.07, 6.45) is 5.09. The summed E-state index contributed by atoms with van der Waals surface area (Å²) >= 11 is 6.21. The predicted octanol–water partition coefficient (Wildman–Crippen LogP) is 4.68. The topological polar surface area (TPSA) is 179 Å². The summed E-state index contributed by atoms with van der Waals surface area (Å²) in [4.78, 5) is 46.9. The van der Waals surface area contributed by atoms with Crippen LogP contribution in [-0.4, -0.2) is 55.2 Å². The molecule has 6 rings (SSSR count). The molecule has 47 heavy (non-hydrogen) atoms. The van der Waals surface area contributed by atoms with Crippen LogP contribution in [-0.2, 0) is 27.2 Å². The van der Waals surface area contributed by atoms with Crippen LogP contribution in [0.4, 0.5) is 20.6 Å². The van der Waals surface area contributed by atoms with Crippen molar-refractivity contribution in [1.82, 2.24) is 35.5 Å². The third-order valence-electron chi connectivity index (χ3n) is 7.11. The molecule has 0 radical (unpaired) electrons. The van der Waals surface area contributed by atoms with Gasteiger partial charge in [-0.2, -0.15) is 4.68 Å². The van der Waals surface area contributed by atoms with Gasteiger partial charge in [-0.1, -0.05) is 11.6 Å². The lowest BCUT2D eigenvalue weighted by Gasteiger charge is -2.16. The van der Waals surface area contributed by atoms with Gasteiger partial charge in [-0.15, -0.1) is 5.10 Å². The van der Waals surface area contributed by atoms with Gasteiger partial charge in [0.05, 0.1) is 30.4 Å². The van der Waals surface area contributed by atoms with Crippen molar-refractivity contribution >= 4 is 47.0 Å². The number of rotatable bonds is 5. The Labute approximate surface area is 271 Å². The maximum atomic E-state index is 14.7. The van der Waals surface area contributed by atoms with Crippen molar-refractivity contribution in [3.8, 4) is 17.0 Å². The number of benzene rings is 2. The number of fused-ring (bicyclic) bond motifs is 6. The highest BCUT2D eigenvalue weighted by molar-refractivity contribution is 6.30. The number of tetrazole rings is 1. The second-order valence-electron chi connectivity index (χ2n) is 10.3. The van der Waals surface area contributed by atoms with E-state index in [0.29, 0.717) is 38.9 Å². The summed E-state index contributed by atoms with van der Waals surface area (Å²) < 4.78 is 27.0. The molecule has 238 valence electrons. The van der Waals surface area contributed by atoms with Gasteiger partial charge in [0, 0.05) is 52.9 Å². The molecule has 14 nitrogen and oxygen atoms in total. The number of nitrogens with zero attached hydrogens (tertiary/aromatic N) is 6. The molecule has 1 aliphatic rings. The van der Waals surface area contributed by atoms with E-state index in [-0.39, 0.29) is 36.6 Å². The lowest BCUT2D eigenvalue weighted by molar-refractivity contribution is -0.117. The van der Waals surface area contributed by atoms with E-state index in [1.807, 2.05) is 0 Å². The molecule has 3 N–H and O–H groups in total. The number of amides is 3. The maximum Gasteiger partial charge on any atom is 0.411 e. The van der Waals surface area contributed by atoms with Gasteiger partial charge in [0.1, 0.15) is 18.2 Å². The van der Waals surface area contributed by atoms with Crippen LogP contribution in [0.1, 0.15) is 35.3 Å². The number of carbonyl (C=O) groups excluding carboxylic acids is 3. The minimum atomic E-state index is -0.827. The van der Waals surface area contributed by atoms with Crippen molar-refractivity contribution in [2.75, 3.05) is 17.7 Å². The van der Waals surface area contributed by atoms with Crippen molar-refractivity contribution in [2.45, 2.75) is 25.3 Å². The molecule has 0 fully saturated rings. The third kappa shape index (κ3) is 7.31. The number of hydrogen-bond donors (Lipinski definition) is 3. The van der Waals surface area contributed by atoms with Gasteiger partial charge in [0.2, 0.25) is 17.7 Å². The number of aromatic nitrogens is 6. The molecule has 3 aromatic heterocycles. The Balaban J connectivity index is 1.34. The summed E-state index contributed by atoms with van der Waals surface area (Å²) in [5.41, 5.74) is 2.80. The molecule has 0 aliphatic carbocycles. The Morgan fingerprint density at radius 3 is 2.85 bits per heavy atom. The molecular formula is C31H25ClFN9O5. The zero-order chi connectivity index (χ0) is 32.9. The molecule has 4 bridgehead atoms. The average Bonchev–Trinajstić information content (AvgIpc) is 3.77. The summed E-state index contributed by atoms with van der Waals surface area (Å²) in [7, 11) is 1.23. The number of aryl methyl sites for hydroxylation is 1. The van der Waals surface area contributed by atoms with E-state index in [9.17, 15) is 18.8 Å². The standard InChI is InChI=1S/C31H25ClFN9O5/c1-46-31(45)37-20-4-6-21-24(13-20)38-29(44)11-8-23-22(33)7-5-19(36-23)14-25(30-34-15-27(21)47-30)39-28(43)10-2-17-12-18(32)3-9-26(17)42-16-35-40-41-42/h2-7,9-10,12-13,15-16,25H,8,11,14H2,1H3,(H,37,45)(H,38,44)(H,39,43). The first-order chi connectivity index (χ1) is 22.7. The quantitative estimate of drug-likeness (QED) is 0.225.